The third kappa shape index (κ3) is 5.35. The van der Waals surface area contributed by atoms with Gasteiger partial charge in [0.1, 0.15) is 10.7 Å². The quantitative estimate of drug-likeness (QED) is 0.571. The number of benzene rings is 2. The van der Waals surface area contributed by atoms with Crippen LogP contribution in [0.4, 0.5) is 10.1 Å². The van der Waals surface area contributed by atoms with Gasteiger partial charge in [-0.1, -0.05) is 24.4 Å². The van der Waals surface area contributed by atoms with Crippen molar-refractivity contribution < 1.29 is 22.7 Å². The van der Waals surface area contributed by atoms with Gasteiger partial charge >= 0.3 is 0 Å². The Morgan fingerprint density at radius 2 is 1.90 bits per heavy atom. The van der Waals surface area contributed by atoms with Gasteiger partial charge in [0, 0.05) is 17.3 Å². The summed E-state index contributed by atoms with van der Waals surface area (Å²) in [5.41, 5.74) is 0.408. The van der Waals surface area contributed by atoms with Crippen LogP contribution in [0.3, 0.4) is 0 Å². The molecule has 1 saturated carbocycles. The summed E-state index contributed by atoms with van der Waals surface area (Å²) in [5, 5.41) is 12.6. The number of hydrogen-bond donors (Lipinski definition) is 3. The average molecular weight is 506 g/mol. The lowest BCUT2D eigenvalue weighted by atomic mass is 9.93. The first-order valence-corrected chi connectivity index (χ1v) is 11.6. The van der Waals surface area contributed by atoms with E-state index >= 15 is 0 Å². The smallest absolute Gasteiger partial charge is 0.255 e. The topological polar surface area (TPSA) is 95.5 Å². The van der Waals surface area contributed by atoms with Crippen molar-refractivity contribution in [1.82, 2.24) is 4.72 Å². The fraction of sp³-hybridized carbons (Fsp3) is 0.316. The zero-order chi connectivity index (χ0) is 21.2. The summed E-state index contributed by atoms with van der Waals surface area (Å²) in [5.74, 6) is -1.05. The second-order valence-electron chi connectivity index (χ2n) is 6.81. The SMILES string of the molecule is O=C(Nc1ccc(F)c(Br)c1)c1ccc(Cl)c(S(=O)(=O)NC2CCCCC2O)c1. The van der Waals surface area contributed by atoms with Crippen LogP contribution in [0.5, 0.6) is 0 Å². The highest BCUT2D eigenvalue weighted by atomic mass is 79.9. The Bertz CT molecular complexity index is 1030. The van der Waals surface area contributed by atoms with Crippen molar-refractivity contribution in [3.8, 4) is 0 Å². The predicted molar refractivity (Wildman–Crippen MR) is 112 cm³/mol. The lowest BCUT2D eigenvalue weighted by Crippen LogP contribution is -2.45. The lowest BCUT2D eigenvalue weighted by Gasteiger charge is -2.28. The minimum absolute atomic E-state index is 0.0381. The molecular weight excluding hydrogens is 487 g/mol. The molecule has 1 aliphatic carbocycles. The van der Waals surface area contributed by atoms with Crippen LogP contribution in [0.15, 0.2) is 45.8 Å². The van der Waals surface area contributed by atoms with Gasteiger partial charge in [0.05, 0.1) is 15.6 Å². The third-order valence-electron chi connectivity index (χ3n) is 4.70. The highest BCUT2D eigenvalue weighted by Gasteiger charge is 2.29. The van der Waals surface area contributed by atoms with Crippen LogP contribution in [-0.4, -0.2) is 31.6 Å². The fourth-order valence-electron chi connectivity index (χ4n) is 3.14. The van der Waals surface area contributed by atoms with E-state index in [0.717, 1.165) is 12.8 Å². The Balaban J connectivity index is 1.83. The Kier molecular flexibility index (Phi) is 6.95. The van der Waals surface area contributed by atoms with Crippen molar-refractivity contribution in [3.05, 3.63) is 57.3 Å². The van der Waals surface area contributed by atoms with Gasteiger partial charge in [0.2, 0.25) is 10.0 Å². The monoisotopic (exact) mass is 504 g/mol. The molecule has 6 nitrogen and oxygen atoms in total. The van der Waals surface area contributed by atoms with E-state index in [9.17, 15) is 22.7 Å². The third-order valence-corrected chi connectivity index (χ3v) is 7.28. The number of amides is 1. The Hall–Kier alpha value is -1.52. The Labute approximate surface area is 181 Å². The molecule has 10 heteroatoms. The number of hydrogen-bond acceptors (Lipinski definition) is 4. The zero-order valence-corrected chi connectivity index (χ0v) is 18.3. The van der Waals surface area contributed by atoms with E-state index < -0.39 is 33.9 Å². The number of sulfonamides is 1. The molecule has 0 heterocycles. The summed E-state index contributed by atoms with van der Waals surface area (Å²) in [4.78, 5) is 12.3. The molecule has 2 aromatic rings. The molecule has 3 N–H and O–H groups in total. The molecule has 29 heavy (non-hydrogen) atoms. The molecule has 0 bridgehead atoms. The molecule has 0 radical (unpaired) electrons. The molecule has 2 atom stereocenters. The number of rotatable bonds is 5. The fourth-order valence-corrected chi connectivity index (χ4v) is 5.35. The molecule has 2 unspecified atom stereocenters. The van der Waals surface area contributed by atoms with Gasteiger partial charge in [-0.3, -0.25) is 4.79 Å². The summed E-state index contributed by atoms with van der Waals surface area (Å²) in [6.07, 6.45) is 1.94. The highest BCUT2D eigenvalue weighted by Crippen LogP contribution is 2.26. The number of anilines is 1. The van der Waals surface area contributed by atoms with Crippen molar-refractivity contribution in [3.63, 3.8) is 0 Å². The van der Waals surface area contributed by atoms with Crippen LogP contribution < -0.4 is 10.0 Å². The molecule has 0 spiro atoms. The molecule has 1 amide bonds. The number of halogens is 3. The standard InChI is InChI=1S/C19H19BrClFN2O4S/c20-13-10-12(6-8-15(13)22)23-19(26)11-5-7-14(21)18(9-11)29(27,28)24-16-3-1-2-4-17(16)25/h5-10,16-17,24-25H,1-4H2,(H,23,26). The van der Waals surface area contributed by atoms with Crippen LogP contribution in [0.2, 0.25) is 5.02 Å². The lowest BCUT2D eigenvalue weighted by molar-refractivity contribution is 0.101. The molecular formula is C19H19BrClFN2O4S. The average Bonchev–Trinajstić information content (AvgIpc) is 2.66. The van der Waals surface area contributed by atoms with E-state index in [2.05, 4.69) is 26.0 Å². The molecule has 0 aromatic heterocycles. The first-order chi connectivity index (χ1) is 13.7. The number of nitrogens with one attached hydrogen (secondary N) is 2. The predicted octanol–water partition coefficient (Wildman–Crippen LogP) is 4.08. The molecule has 1 aliphatic rings. The van der Waals surface area contributed by atoms with Gasteiger partial charge in [-0.2, -0.15) is 0 Å². The van der Waals surface area contributed by atoms with E-state index in [-0.39, 0.29) is 20.0 Å². The van der Waals surface area contributed by atoms with Gasteiger partial charge in [-0.05, 0) is 65.2 Å². The minimum Gasteiger partial charge on any atom is -0.391 e. The van der Waals surface area contributed by atoms with E-state index in [4.69, 9.17) is 11.6 Å². The van der Waals surface area contributed by atoms with Crippen LogP contribution in [0, 0.1) is 5.82 Å². The number of carbonyl (C=O) groups is 1. The molecule has 0 aliphatic heterocycles. The summed E-state index contributed by atoms with van der Waals surface area (Å²) in [7, 11) is -4.04. The van der Waals surface area contributed by atoms with Gasteiger partial charge < -0.3 is 10.4 Å². The maximum absolute atomic E-state index is 13.3. The first-order valence-electron chi connectivity index (χ1n) is 8.94. The van der Waals surface area contributed by atoms with Crippen molar-refractivity contribution >= 4 is 49.1 Å². The highest BCUT2D eigenvalue weighted by molar-refractivity contribution is 9.10. The normalized spacial score (nSPS) is 19.7. The van der Waals surface area contributed by atoms with Gasteiger partial charge in [-0.25, -0.2) is 17.5 Å². The maximum Gasteiger partial charge on any atom is 0.255 e. The van der Waals surface area contributed by atoms with Crippen molar-refractivity contribution in [2.24, 2.45) is 0 Å². The van der Waals surface area contributed by atoms with Crippen molar-refractivity contribution in [2.45, 2.75) is 42.7 Å². The number of aliphatic hydroxyl groups is 1. The van der Waals surface area contributed by atoms with Gasteiger partial charge in [-0.15, -0.1) is 0 Å². The second kappa shape index (κ2) is 9.09. The summed E-state index contributed by atoms with van der Waals surface area (Å²) in [6.45, 7) is 0. The molecule has 156 valence electrons. The Morgan fingerprint density at radius 3 is 2.59 bits per heavy atom. The van der Waals surface area contributed by atoms with E-state index in [1.165, 1.54) is 36.4 Å². The zero-order valence-electron chi connectivity index (χ0n) is 15.2. The van der Waals surface area contributed by atoms with E-state index in [1.54, 1.807) is 0 Å². The summed E-state index contributed by atoms with van der Waals surface area (Å²) in [6, 6.07) is 7.27. The van der Waals surface area contributed by atoms with Gasteiger partial charge in [0.15, 0.2) is 0 Å². The molecule has 2 aromatic carbocycles. The first kappa shape index (κ1) is 22.2. The summed E-state index contributed by atoms with van der Waals surface area (Å²) < 4.78 is 41.6. The van der Waals surface area contributed by atoms with E-state index in [0.29, 0.717) is 18.5 Å². The van der Waals surface area contributed by atoms with Crippen LogP contribution in [-0.2, 0) is 10.0 Å². The van der Waals surface area contributed by atoms with Crippen LogP contribution in [0.1, 0.15) is 36.0 Å². The minimum atomic E-state index is -4.04. The van der Waals surface area contributed by atoms with Crippen molar-refractivity contribution in [2.75, 3.05) is 5.32 Å². The van der Waals surface area contributed by atoms with Crippen LogP contribution in [0.25, 0.3) is 0 Å². The Morgan fingerprint density at radius 1 is 1.17 bits per heavy atom. The van der Waals surface area contributed by atoms with Crippen LogP contribution >= 0.6 is 27.5 Å². The molecule has 1 fully saturated rings. The number of carbonyl (C=O) groups excluding carboxylic acids is 1. The maximum atomic E-state index is 13.3. The summed E-state index contributed by atoms with van der Waals surface area (Å²) >= 11 is 9.12. The largest absolute Gasteiger partial charge is 0.391 e. The second-order valence-corrected chi connectivity index (χ2v) is 9.75. The molecule has 0 saturated heterocycles. The van der Waals surface area contributed by atoms with Gasteiger partial charge in [0.25, 0.3) is 5.91 Å². The van der Waals surface area contributed by atoms with Crippen molar-refractivity contribution in [1.29, 1.82) is 0 Å². The van der Waals surface area contributed by atoms with E-state index in [1.807, 2.05) is 0 Å². The molecule has 3 rings (SSSR count). The number of aliphatic hydroxyl groups excluding tert-OH is 1.